The van der Waals surface area contributed by atoms with E-state index in [1.807, 2.05) is 30.5 Å². The zero-order valence-electron chi connectivity index (χ0n) is 7.73. The van der Waals surface area contributed by atoms with Gasteiger partial charge in [0.1, 0.15) is 5.69 Å². The van der Waals surface area contributed by atoms with E-state index < -0.39 is 0 Å². The molecule has 1 heterocycles. The minimum absolute atomic E-state index is 0.677. The molecule has 0 fully saturated rings. The minimum atomic E-state index is 0.677. The fraction of sp³-hybridized carbons (Fsp3) is 0.111. The number of nitrogens with zero attached hydrogens (tertiary/aromatic N) is 1. The maximum atomic E-state index is 5.80. The molecule has 0 atom stereocenters. The Morgan fingerprint density at radius 2 is 2.21 bits per heavy atom. The summed E-state index contributed by atoms with van der Waals surface area (Å²) >= 11 is 1.53. The highest BCUT2D eigenvalue weighted by atomic mass is 32.2. The molecular formula is C9H11N3OS. The summed E-state index contributed by atoms with van der Waals surface area (Å²) in [7, 11) is 0. The number of hydrogen-bond acceptors (Lipinski definition) is 5. The van der Waals surface area contributed by atoms with Gasteiger partial charge in [0, 0.05) is 0 Å². The van der Waals surface area contributed by atoms with E-state index in [9.17, 15) is 0 Å². The highest BCUT2D eigenvalue weighted by molar-refractivity contribution is 8.02. The summed E-state index contributed by atoms with van der Waals surface area (Å²) in [6.07, 6.45) is 3.74. The largest absolute Gasteiger partial charge is 0.397 e. The maximum Gasteiger partial charge on any atom is 0.208 e. The monoisotopic (exact) mass is 209 g/mol. The third-order valence-electron chi connectivity index (χ3n) is 1.84. The van der Waals surface area contributed by atoms with Gasteiger partial charge in [-0.25, -0.2) is 0 Å². The average Bonchev–Trinajstić information content (AvgIpc) is 2.67. The molecule has 74 valence electrons. The van der Waals surface area contributed by atoms with Gasteiger partial charge in [-0.1, -0.05) is 23.9 Å². The van der Waals surface area contributed by atoms with E-state index in [-0.39, 0.29) is 0 Å². The molecule has 3 N–H and O–H groups in total. The molecule has 1 aromatic carbocycles. The summed E-state index contributed by atoms with van der Waals surface area (Å²) in [6, 6.07) is 7.52. The molecule has 1 aliphatic rings. The fourth-order valence-electron chi connectivity index (χ4n) is 1.14. The molecule has 0 spiro atoms. The quantitative estimate of drug-likeness (QED) is 0.726. The van der Waals surface area contributed by atoms with E-state index in [2.05, 4.69) is 5.43 Å². The number of hydrazine groups is 1. The summed E-state index contributed by atoms with van der Waals surface area (Å²) in [5.41, 5.74) is 10.2. The molecule has 0 bridgehead atoms. The van der Waals surface area contributed by atoms with Crippen molar-refractivity contribution in [3.8, 4) is 0 Å². The zero-order chi connectivity index (χ0) is 9.97. The van der Waals surface area contributed by atoms with Crippen molar-refractivity contribution in [3.63, 3.8) is 0 Å². The minimum Gasteiger partial charge on any atom is -0.397 e. The van der Waals surface area contributed by atoms with Crippen LogP contribution in [0.5, 0.6) is 0 Å². The lowest BCUT2D eigenvalue weighted by atomic mass is 10.3. The standard InChI is InChI=1S/C9H11N3OS/c1-14-9-6-11-12(13-9)8-5-3-2-4-7(8)10/h2-6,11H,10H2,1H3. The molecule has 5 heteroatoms. The van der Waals surface area contributed by atoms with Gasteiger partial charge in [0.25, 0.3) is 0 Å². The van der Waals surface area contributed by atoms with Crippen molar-refractivity contribution in [2.45, 2.75) is 0 Å². The van der Waals surface area contributed by atoms with Gasteiger partial charge in [0.05, 0.1) is 11.9 Å². The number of nitrogens with two attached hydrogens (primary N) is 1. The second kappa shape index (κ2) is 3.71. The molecule has 0 amide bonds. The maximum absolute atomic E-state index is 5.80. The first-order valence-corrected chi connectivity index (χ1v) is 5.36. The van der Waals surface area contributed by atoms with Crippen molar-refractivity contribution in [1.29, 1.82) is 0 Å². The number of nitrogens with one attached hydrogen (secondary N) is 1. The summed E-state index contributed by atoms with van der Waals surface area (Å²) < 4.78 is 0. The summed E-state index contributed by atoms with van der Waals surface area (Å²) in [6.45, 7) is 0. The van der Waals surface area contributed by atoms with Crippen LogP contribution in [0.4, 0.5) is 11.4 Å². The number of hydrogen-bond donors (Lipinski definition) is 2. The Balaban J connectivity index is 2.16. The Labute approximate surface area is 86.6 Å². The van der Waals surface area contributed by atoms with Crippen molar-refractivity contribution in [2.24, 2.45) is 0 Å². The molecule has 0 saturated heterocycles. The molecular weight excluding hydrogens is 198 g/mol. The molecule has 0 radical (unpaired) electrons. The van der Waals surface area contributed by atoms with Crippen molar-refractivity contribution in [3.05, 3.63) is 35.6 Å². The first-order chi connectivity index (χ1) is 6.81. The normalized spacial score (nSPS) is 14.6. The number of rotatable bonds is 2. The van der Waals surface area contributed by atoms with Gasteiger partial charge in [-0.15, -0.1) is 5.17 Å². The van der Waals surface area contributed by atoms with E-state index in [0.717, 1.165) is 10.8 Å². The van der Waals surface area contributed by atoms with Crippen LogP contribution < -0.4 is 16.3 Å². The van der Waals surface area contributed by atoms with E-state index >= 15 is 0 Å². The first-order valence-electron chi connectivity index (χ1n) is 4.14. The summed E-state index contributed by atoms with van der Waals surface area (Å²) in [5.74, 6) is 0. The number of para-hydroxylation sites is 2. The van der Waals surface area contributed by atoms with Crippen molar-refractivity contribution >= 4 is 23.1 Å². The molecule has 14 heavy (non-hydrogen) atoms. The highest BCUT2D eigenvalue weighted by Gasteiger charge is 2.16. The Morgan fingerprint density at radius 1 is 1.43 bits per heavy atom. The van der Waals surface area contributed by atoms with Gasteiger partial charge < -0.3 is 10.6 Å². The van der Waals surface area contributed by atoms with Crippen LogP contribution in [0.15, 0.2) is 35.6 Å². The molecule has 0 aromatic heterocycles. The SMILES string of the molecule is CSC1=CNN(c2ccccc2N)O1. The Morgan fingerprint density at radius 3 is 2.86 bits per heavy atom. The second-order valence-electron chi connectivity index (χ2n) is 2.74. The molecule has 2 rings (SSSR count). The predicted molar refractivity (Wildman–Crippen MR) is 59.2 cm³/mol. The molecule has 1 aliphatic heterocycles. The van der Waals surface area contributed by atoms with Crippen LogP contribution in [-0.4, -0.2) is 6.26 Å². The Kier molecular flexibility index (Phi) is 2.41. The zero-order valence-corrected chi connectivity index (χ0v) is 8.54. The molecule has 1 aromatic rings. The smallest absolute Gasteiger partial charge is 0.208 e. The van der Waals surface area contributed by atoms with Gasteiger partial charge in [0.15, 0.2) is 0 Å². The first kappa shape index (κ1) is 9.08. The van der Waals surface area contributed by atoms with Crippen LogP contribution in [0.1, 0.15) is 0 Å². The van der Waals surface area contributed by atoms with Crippen LogP contribution in [0.3, 0.4) is 0 Å². The Bertz CT molecular complexity index is 367. The van der Waals surface area contributed by atoms with Crippen LogP contribution in [0.25, 0.3) is 0 Å². The van der Waals surface area contributed by atoms with Gasteiger partial charge >= 0.3 is 0 Å². The third kappa shape index (κ3) is 1.58. The lowest BCUT2D eigenvalue weighted by Gasteiger charge is -2.18. The summed E-state index contributed by atoms with van der Waals surface area (Å²) in [5, 5.41) is 2.36. The van der Waals surface area contributed by atoms with Gasteiger partial charge in [-0.3, -0.25) is 5.43 Å². The number of thioether (sulfide) groups is 1. The molecule has 0 unspecified atom stereocenters. The fourth-order valence-corrected chi connectivity index (χ4v) is 1.46. The van der Waals surface area contributed by atoms with Gasteiger partial charge in [-0.05, 0) is 18.4 Å². The number of benzene rings is 1. The van der Waals surface area contributed by atoms with Gasteiger partial charge in [-0.2, -0.15) is 0 Å². The van der Waals surface area contributed by atoms with Crippen LogP contribution >= 0.6 is 11.8 Å². The lowest BCUT2D eigenvalue weighted by Crippen LogP contribution is -2.28. The third-order valence-corrected chi connectivity index (χ3v) is 2.43. The van der Waals surface area contributed by atoms with E-state index in [1.165, 1.54) is 11.8 Å². The van der Waals surface area contributed by atoms with E-state index in [0.29, 0.717) is 5.69 Å². The predicted octanol–water partition coefficient (Wildman–Crippen LogP) is 1.69. The van der Waals surface area contributed by atoms with Crippen LogP contribution in [-0.2, 0) is 4.84 Å². The Hall–Kier alpha value is -1.49. The average molecular weight is 209 g/mol. The van der Waals surface area contributed by atoms with Crippen molar-refractivity contribution in [2.75, 3.05) is 17.2 Å². The molecule has 0 aliphatic carbocycles. The van der Waals surface area contributed by atoms with E-state index in [1.54, 1.807) is 11.4 Å². The number of anilines is 2. The lowest BCUT2D eigenvalue weighted by molar-refractivity contribution is 0.213. The molecule has 0 saturated carbocycles. The summed E-state index contributed by atoms with van der Waals surface area (Å²) in [4.78, 5) is 5.44. The highest BCUT2D eigenvalue weighted by Crippen LogP contribution is 2.27. The molecule has 4 nitrogen and oxygen atoms in total. The number of nitrogen functional groups attached to an aromatic ring is 1. The topological polar surface area (TPSA) is 50.5 Å². The van der Waals surface area contributed by atoms with Crippen LogP contribution in [0.2, 0.25) is 0 Å². The van der Waals surface area contributed by atoms with Crippen molar-refractivity contribution < 1.29 is 4.84 Å². The van der Waals surface area contributed by atoms with Gasteiger partial charge in [0.2, 0.25) is 5.09 Å². The second-order valence-corrected chi connectivity index (χ2v) is 3.55. The van der Waals surface area contributed by atoms with Crippen molar-refractivity contribution in [1.82, 2.24) is 5.43 Å². The van der Waals surface area contributed by atoms with Crippen LogP contribution in [0, 0.1) is 0 Å². The van der Waals surface area contributed by atoms with E-state index in [4.69, 9.17) is 10.6 Å².